The lowest BCUT2D eigenvalue weighted by Crippen LogP contribution is -2.44. The molecule has 14 heteroatoms. The van der Waals surface area contributed by atoms with E-state index in [1.165, 1.54) is 56.0 Å². The second kappa shape index (κ2) is 12.3. The maximum absolute atomic E-state index is 12.6. The molecule has 0 aromatic carbocycles. The minimum Gasteiger partial charge on any atom is -0.292 e. The molecule has 0 radical (unpaired) electrons. The number of nitrogens with zero attached hydrogens (tertiary/aromatic N) is 2. The van der Waals surface area contributed by atoms with Gasteiger partial charge in [0.2, 0.25) is 11.8 Å². The van der Waals surface area contributed by atoms with Crippen LogP contribution in [0.3, 0.4) is 0 Å². The van der Waals surface area contributed by atoms with Crippen LogP contribution in [0.5, 0.6) is 0 Å². The van der Waals surface area contributed by atoms with E-state index in [2.05, 4.69) is 10.9 Å². The largest absolute Gasteiger partial charge is 0.292 e. The molecule has 0 atom stereocenters. The second-order valence-electron chi connectivity index (χ2n) is 7.29. The van der Waals surface area contributed by atoms with Crippen molar-refractivity contribution in [1.29, 1.82) is 0 Å². The zero-order chi connectivity index (χ0) is 25.7. The topological polar surface area (TPSA) is 98.8 Å². The number of nitrogens with one attached hydrogen (secondary N) is 2. The van der Waals surface area contributed by atoms with Gasteiger partial charge in [-0.05, 0) is 35.0 Å². The monoisotopic (exact) mass is 594 g/mol. The first-order valence-corrected chi connectivity index (χ1v) is 14.7. The van der Waals surface area contributed by atoms with Gasteiger partial charge in [-0.1, -0.05) is 60.1 Å². The van der Waals surface area contributed by atoms with Crippen molar-refractivity contribution in [1.82, 2.24) is 20.7 Å². The lowest BCUT2D eigenvalue weighted by molar-refractivity contribution is -0.130. The van der Waals surface area contributed by atoms with Crippen molar-refractivity contribution in [2.24, 2.45) is 0 Å². The van der Waals surface area contributed by atoms with Gasteiger partial charge in [-0.2, -0.15) is 0 Å². The predicted molar refractivity (Wildman–Crippen MR) is 154 cm³/mol. The highest BCUT2D eigenvalue weighted by Crippen LogP contribution is 2.34. The third kappa shape index (κ3) is 6.69. The van der Waals surface area contributed by atoms with Crippen molar-refractivity contribution in [3.05, 3.63) is 54.6 Å². The summed E-state index contributed by atoms with van der Waals surface area (Å²) >= 11 is 16.0. The number of rotatable bonds is 8. The molecule has 0 aliphatic carbocycles. The average Bonchev–Trinajstić information content (AvgIpc) is 3.63. The number of hydrogen-bond donors (Lipinski definition) is 2. The molecule has 186 valence electrons. The van der Waals surface area contributed by atoms with Crippen LogP contribution in [0.15, 0.2) is 44.8 Å². The number of amides is 4. The summed E-state index contributed by atoms with van der Waals surface area (Å²) in [5.41, 5.74) is 4.66. The molecule has 2 aliphatic heterocycles. The molecule has 0 unspecified atom stereocenters. The number of carbonyl (C=O) groups excluding carboxylic acids is 4. The Morgan fingerprint density at radius 2 is 1.19 bits per heavy atom. The number of thioether (sulfide) groups is 2. The van der Waals surface area contributed by atoms with Crippen LogP contribution in [0.25, 0.3) is 12.2 Å². The molecule has 8 nitrogen and oxygen atoms in total. The Balaban J connectivity index is 1.19. The molecule has 0 spiro atoms. The zero-order valence-electron chi connectivity index (χ0n) is 18.4. The van der Waals surface area contributed by atoms with E-state index in [4.69, 9.17) is 24.4 Å². The van der Waals surface area contributed by atoms with E-state index < -0.39 is 11.8 Å². The van der Waals surface area contributed by atoms with Gasteiger partial charge in [0.05, 0.1) is 9.81 Å². The lowest BCUT2D eigenvalue weighted by atomic mass is 10.3. The highest BCUT2D eigenvalue weighted by molar-refractivity contribution is 8.27. The normalized spacial score (nSPS) is 18.1. The number of thiocarbonyl (C=S) groups is 2. The highest BCUT2D eigenvalue weighted by atomic mass is 32.2. The highest BCUT2D eigenvalue weighted by Gasteiger charge is 2.33. The van der Waals surface area contributed by atoms with Crippen molar-refractivity contribution < 1.29 is 19.2 Å². The molecule has 36 heavy (non-hydrogen) atoms. The summed E-state index contributed by atoms with van der Waals surface area (Å²) < 4.78 is 0.771. The summed E-state index contributed by atoms with van der Waals surface area (Å²) in [6.07, 6.45) is 3.48. The van der Waals surface area contributed by atoms with Gasteiger partial charge in [-0.3, -0.25) is 39.8 Å². The first kappa shape index (κ1) is 26.7. The van der Waals surface area contributed by atoms with Crippen molar-refractivity contribution >= 4 is 115 Å². The van der Waals surface area contributed by atoms with Gasteiger partial charge >= 0.3 is 0 Å². The van der Waals surface area contributed by atoms with Crippen LogP contribution in [-0.2, 0) is 19.2 Å². The Morgan fingerprint density at radius 1 is 0.778 bits per heavy atom. The van der Waals surface area contributed by atoms with E-state index >= 15 is 0 Å². The van der Waals surface area contributed by atoms with Gasteiger partial charge in [0.1, 0.15) is 8.64 Å². The molecule has 2 aliphatic rings. The van der Waals surface area contributed by atoms with Gasteiger partial charge in [-0.15, -0.1) is 22.7 Å². The van der Waals surface area contributed by atoms with Gasteiger partial charge in [0.25, 0.3) is 11.8 Å². The van der Waals surface area contributed by atoms with E-state index in [9.17, 15) is 19.2 Å². The van der Waals surface area contributed by atoms with Crippen LogP contribution < -0.4 is 10.9 Å². The smallest absolute Gasteiger partial charge is 0.266 e. The number of hydrazine groups is 1. The molecule has 0 saturated carbocycles. The molecule has 4 amide bonds. The summed E-state index contributed by atoms with van der Waals surface area (Å²) in [5.74, 6) is -1.42. The quantitative estimate of drug-likeness (QED) is 0.270. The molecule has 2 aromatic rings. The maximum atomic E-state index is 12.6. The van der Waals surface area contributed by atoms with E-state index in [0.717, 1.165) is 9.75 Å². The van der Waals surface area contributed by atoms with Crippen LogP contribution in [-0.4, -0.2) is 55.2 Å². The molecule has 2 N–H and O–H groups in total. The Morgan fingerprint density at radius 3 is 1.56 bits per heavy atom. The SMILES string of the molecule is O=C(CCN1C(=O)C(=Cc2cccs2)SC1=S)NNC(=O)CCN1C(=O)C(=Cc2cccs2)SC1=S. The van der Waals surface area contributed by atoms with Gasteiger partial charge in [0.15, 0.2) is 0 Å². The van der Waals surface area contributed by atoms with Crippen molar-refractivity contribution in [2.45, 2.75) is 12.8 Å². The maximum Gasteiger partial charge on any atom is 0.266 e. The summed E-state index contributed by atoms with van der Waals surface area (Å²) in [4.78, 5) is 55.2. The van der Waals surface area contributed by atoms with Crippen LogP contribution in [0.1, 0.15) is 22.6 Å². The first-order chi connectivity index (χ1) is 17.3. The number of carbonyl (C=O) groups is 4. The van der Waals surface area contributed by atoms with E-state index in [0.29, 0.717) is 18.5 Å². The molecule has 2 aromatic heterocycles. The molecule has 2 fully saturated rings. The van der Waals surface area contributed by atoms with Gasteiger partial charge in [0, 0.05) is 35.7 Å². The average molecular weight is 595 g/mol. The Hall–Kier alpha value is -2.36. The molecule has 4 heterocycles. The molecule has 0 bridgehead atoms. The predicted octanol–water partition coefficient (Wildman–Crippen LogP) is 3.84. The van der Waals surface area contributed by atoms with E-state index in [-0.39, 0.29) is 37.7 Å². The van der Waals surface area contributed by atoms with Crippen LogP contribution in [0, 0.1) is 0 Å². The van der Waals surface area contributed by atoms with Gasteiger partial charge < -0.3 is 0 Å². The fraction of sp³-hybridized carbons (Fsp3) is 0.182. The summed E-state index contributed by atoms with van der Waals surface area (Å²) in [5, 5.41) is 3.84. The Kier molecular flexibility index (Phi) is 9.09. The molecular formula is C22H18N4O4S6. The molecule has 2 saturated heterocycles. The summed E-state index contributed by atoms with van der Waals surface area (Å²) in [6, 6.07) is 7.60. The van der Waals surface area contributed by atoms with Crippen LogP contribution in [0.2, 0.25) is 0 Å². The third-order valence-electron chi connectivity index (χ3n) is 4.85. The third-order valence-corrected chi connectivity index (χ3v) is 9.24. The Labute approximate surface area is 234 Å². The first-order valence-electron chi connectivity index (χ1n) is 10.5. The van der Waals surface area contributed by atoms with Crippen molar-refractivity contribution in [3.8, 4) is 0 Å². The minimum atomic E-state index is -0.468. The molecular weight excluding hydrogens is 577 g/mol. The van der Waals surface area contributed by atoms with Crippen molar-refractivity contribution in [3.63, 3.8) is 0 Å². The Bertz CT molecular complexity index is 1170. The number of hydrogen-bond acceptors (Lipinski definition) is 10. The van der Waals surface area contributed by atoms with Crippen LogP contribution in [0.4, 0.5) is 0 Å². The van der Waals surface area contributed by atoms with Crippen molar-refractivity contribution in [2.75, 3.05) is 13.1 Å². The molecule has 4 rings (SSSR count). The fourth-order valence-corrected chi connectivity index (χ4v) is 7.14. The van der Waals surface area contributed by atoms with E-state index in [1.54, 1.807) is 12.2 Å². The van der Waals surface area contributed by atoms with E-state index in [1.807, 2.05) is 35.0 Å². The summed E-state index contributed by atoms with van der Waals surface area (Å²) in [7, 11) is 0. The zero-order valence-corrected chi connectivity index (χ0v) is 23.3. The fourth-order valence-electron chi connectivity index (χ4n) is 3.08. The summed E-state index contributed by atoms with van der Waals surface area (Å²) in [6.45, 7) is 0.197. The second-order valence-corrected chi connectivity index (χ2v) is 12.6. The van der Waals surface area contributed by atoms with Crippen LogP contribution >= 0.6 is 70.6 Å². The number of thiophene rings is 2. The minimum absolute atomic E-state index is 0.0405. The standard InChI is InChI=1S/C22H18N4O4S6/c27-17(5-7-25-19(29)15(35-21(25)31)11-13-3-1-9-33-13)23-24-18(28)6-8-26-20(30)16(36-22(26)32)12-14-4-2-10-34-14/h1-4,9-12H,5-8H2,(H,23,27)(H,24,28). The van der Waals surface area contributed by atoms with Gasteiger partial charge in [-0.25, -0.2) is 0 Å². The lowest BCUT2D eigenvalue weighted by Gasteiger charge is -2.15.